The highest BCUT2D eigenvalue weighted by molar-refractivity contribution is 4.99. The summed E-state index contributed by atoms with van der Waals surface area (Å²) in [6, 6.07) is 1.16. The van der Waals surface area contributed by atoms with E-state index in [2.05, 4.69) is 23.7 Å². The van der Waals surface area contributed by atoms with Crippen molar-refractivity contribution in [1.82, 2.24) is 9.88 Å². The highest BCUT2D eigenvalue weighted by Gasteiger charge is 2.27. The fraction of sp³-hybridized carbons (Fsp3) is 0.769. The van der Waals surface area contributed by atoms with Crippen LogP contribution in [0.15, 0.2) is 10.7 Å². The fourth-order valence-electron chi connectivity index (χ4n) is 2.63. The lowest BCUT2D eigenvalue weighted by atomic mass is 10.1. The zero-order valence-electron chi connectivity index (χ0n) is 10.7. The average molecular weight is 238 g/mol. The summed E-state index contributed by atoms with van der Waals surface area (Å²) in [6.45, 7) is 5.80. The van der Waals surface area contributed by atoms with Gasteiger partial charge in [-0.15, -0.1) is 0 Å². The molecule has 2 heterocycles. The Kier molecular flexibility index (Phi) is 4.18. The topological polar surface area (TPSA) is 49.5 Å². The summed E-state index contributed by atoms with van der Waals surface area (Å²) in [5.41, 5.74) is 0.858. The van der Waals surface area contributed by atoms with E-state index in [9.17, 15) is 0 Å². The third-order valence-electron chi connectivity index (χ3n) is 3.46. The zero-order valence-corrected chi connectivity index (χ0v) is 10.7. The molecule has 1 atom stereocenters. The van der Waals surface area contributed by atoms with Crippen molar-refractivity contribution in [3.8, 4) is 0 Å². The maximum absolute atomic E-state index is 8.84. The summed E-state index contributed by atoms with van der Waals surface area (Å²) in [5, 5.41) is 8.84. The normalized spacial score (nSPS) is 21.5. The highest BCUT2D eigenvalue weighted by Crippen LogP contribution is 2.23. The standard InChI is InChI=1S/C13H22N2O2/c1-10(2)15-6-3-4-12(15)8-13-14-11(5-7-16)9-17-13/h9-10,12,16H,3-8H2,1-2H3. The van der Waals surface area contributed by atoms with E-state index < -0.39 is 0 Å². The minimum absolute atomic E-state index is 0.132. The van der Waals surface area contributed by atoms with Crippen molar-refractivity contribution in [3.05, 3.63) is 17.8 Å². The summed E-state index contributed by atoms with van der Waals surface area (Å²) < 4.78 is 5.46. The lowest BCUT2D eigenvalue weighted by Crippen LogP contribution is -2.36. The molecule has 0 radical (unpaired) electrons. The van der Waals surface area contributed by atoms with Gasteiger partial charge in [0.1, 0.15) is 6.26 Å². The Morgan fingerprint density at radius 1 is 1.59 bits per heavy atom. The molecule has 1 saturated heterocycles. The molecule has 0 saturated carbocycles. The van der Waals surface area contributed by atoms with E-state index in [1.54, 1.807) is 6.26 Å². The van der Waals surface area contributed by atoms with Crippen LogP contribution in [-0.2, 0) is 12.8 Å². The van der Waals surface area contributed by atoms with Crippen LogP contribution in [0.1, 0.15) is 38.3 Å². The van der Waals surface area contributed by atoms with Gasteiger partial charge in [-0.25, -0.2) is 4.98 Å². The molecule has 1 aliphatic heterocycles. The molecule has 0 amide bonds. The van der Waals surface area contributed by atoms with Crippen LogP contribution in [0.5, 0.6) is 0 Å². The van der Waals surface area contributed by atoms with E-state index in [1.807, 2.05) is 0 Å². The Morgan fingerprint density at radius 2 is 2.41 bits per heavy atom. The molecule has 2 rings (SSSR count). The van der Waals surface area contributed by atoms with Gasteiger partial charge in [-0.3, -0.25) is 4.90 Å². The van der Waals surface area contributed by atoms with E-state index >= 15 is 0 Å². The van der Waals surface area contributed by atoms with Crippen molar-refractivity contribution in [1.29, 1.82) is 0 Å². The second-order valence-corrected chi connectivity index (χ2v) is 5.04. The number of aliphatic hydroxyl groups excluding tert-OH is 1. The first-order chi connectivity index (χ1) is 8.20. The van der Waals surface area contributed by atoms with E-state index in [0.717, 1.165) is 18.0 Å². The van der Waals surface area contributed by atoms with Gasteiger partial charge in [0.05, 0.1) is 5.69 Å². The summed E-state index contributed by atoms with van der Waals surface area (Å²) in [7, 11) is 0. The monoisotopic (exact) mass is 238 g/mol. The van der Waals surface area contributed by atoms with Crippen molar-refractivity contribution in [2.75, 3.05) is 13.2 Å². The first-order valence-corrected chi connectivity index (χ1v) is 6.50. The maximum atomic E-state index is 8.84. The molecule has 0 aliphatic carbocycles. The molecule has 4 nitrogen and oxygen atoms in total. The van der Waals surface area contributed by atoms with Crippen LogP contribution in [0.4, 0.5) is 0 Å². The van der Waals surface area contributed by atoms with Crippen molar-refractivity contribution in [2.45, 2.75) is 51.6 Å². The van der Waals surface area contributed by atoms with Crippen LogP contribution >= 0.6 is 0 Å². The summed E-state index contributed by atoms with van der Waals surface area (Å²) in [5.74, 6) is 0.811. The molecule has 1 aromatic heterocycles. The second-order valence-electron chi connectivity index (χ2n) is 5.04. The molecule has 1 aliphatic rings. The molecule has 1 unspecified atom stereocenters. The Morgan fingerprint density at radius 3 is 3.12 bits per heavy atom. The smallest absolute Gasteiger partial charge is 0.195 e. The number of oxazole rings is 1. The van der Waals surface area contributed by atoms with Crippen molar-refractivity contribution < 1.29 is 9.52 Å². The number of hydrogen-bond donors (Lipinski definition) is 1. The SMILES string of the molecule is CC(C)N1CCCC1Cc1nc(CCO)co1. The van der Waals surface area contributed by atoms with Gasteiger partial charge in [-0.05, 0) is 33.2 Å². The lowest BCUT2D eigenvalue weighted by Gasteiger charge is -2.27. The minimum Gasteiger partial charge on any atom is -0.449 e. The minimum atomic E-state index is 0.132. The molecule has 96 valence electrons. The van der Waals surface area contributed by atoms with Crippen LogP contribution in [0.3, 0.4) is 0 Å². The third-order valence-corrected chi connectivity index (χ3v) is 3.46. The Hall–Kier alpha value is -0.870. The number of likely N-dealkylation sites (tertiary alicyclic amines) is 1. The summed E-state index contributed by atoms with van der Waals surface area (Å²) in [4.78, 5) is 6.93. The second kappa shape index (κ2) is 5.65. The predicted octanol–water partition coefficient (Wildman–Crippen LogP) is 1.62. The summed E-state index contributed by atoms with van der Waals surface area (Å²) >= 11 is 0. The van der Waals surface area contributed by atoms with Gasteiger partial charge in [0, 0.05) is 31.5 Å². The maximum Gasteiger partial charge on any atom is 0.195 e. The molecule has 0 spiro atoms. The molecule has 17 heavy (non-hydrogen) atoms. The van der Waals surface area contributed by atoms with E-state index in [1.165, 1.54) is 19.4 Å². The summed E-state index contributed by atoms with van der Waals surface area (Å²) in [6.07, 6.45) is 5.65. The number of aromatic nitrogens is 1. The molecule has 4 heteroatoms. The Bertz CT molecular complexity index is 349. The number of aliphatic hydroxyl groups is 1. The van der Waals surface area contributed by atoms with E-state index in [0.29, 0.717) is 18.5 Å². The van der Waals surface area contributed by atoms with E-state index in [4.69, 9.17) is 9.52 Å². The average Bonchev–Trinajstić information content (AvgIpc) is 2.89. The van der Waals surface area contributed by atoms with Crippen LogP contribution in [0.2, 0.25) is 0 Å². The van der Waals surface area contributed by atoms with Crippen molar-refractivity contribution >= 4 is 0 Å². The molecular weight excluding hydrogens is 216 g/mol. The first-order valence-electron chi connectivity index (χ1n) is 6.50. The number of hydrogen-bond acceptors (Lipinski definition) is 4. The highest BCUT2D eigenvalue weighted by atomic mass is 16.3. The number of nitrogens with zero attached hydrogens (tertiary/aromatic N) is 2. The van der Waals surface area contributed by atoms with Crippen LogP contribution in [0, 0.1) is 0 Å². The van der Waals surface area contributed by atoms with Gasteiger partial charge < -0.3 is 9.52 Å². The Balaban J connectivity index is 1.95. The molecule has 1 aromatic rings. The van der Waals surface area contributed by atoms with Gasteiger partial charge in [-0.1, -0.05) is 0 Å². The van der Waals surface area contributed by atoms with E-state index in [-0.39, 0.29) is 6.61 Å². The largest absolute Gasteiger partial charge is 0.449 e. The molecule has 0 aromatic carbocycles. The molecule has 1 N–H and O–H groups in total. The van der Waals surface area contributed by atoms with Crippen LogP contribution in [-0.4, -0.2) is 40.2 Å². The molecule has 0 bridgehead atoms. The van der Waals surface area contributed by atoms with Gasteiger partial charge in [0.25, 0.3) is 0 Å². The van der Waals surface area contributed by atoms with Crippen LogP contribution < -0.4 is 0 Å². The van der Waals surface area contributed by atoms with Crippen LogP contribution in [0.25, 0.3) is 0 Å². The molecule has 1 fully saturated rings. The first kappa shape index (κ1) is 12.6. The predicted molar refractivity (Wildman–Crippen MR) is 65.9 cm³/mol. The van der Waals surface area contributed by atoms with Crippen molar-refractivity contribution in [3.63, 3.8) is 0 Å². The van der Waals surface area contributed by atoms with Gasteiger partial charge in [0.15, 0.2) is 5.89 Å². The zero-order chi connectivity index (χ0) is 12.3. The van der Waals surface area contributed by atoms with Crippen molar-refractivity contribution in [2.24, 2.45) is 0 Å². The fourth-order valence-corrected chi connectivity index (χ4v) is 2.63. The number of rotatable bonds is 5. The third kappa shape index (κ3) is 3.07. The Labute approximate surface area is 103 Å². The molecular formula is C13H22N2O2. The van der Waals surface area contributed by atoms with Gasteiger partial charge in [-0.2, -0.15) is 0 Å². The lowest BCUT2D eigenvalue weighted by molar-refractivity contribution is 0.195. The quantitative estimate of drug-likeness (QED) is 0.847. The van der Waals surface area contributed by atoms with Gasteiger partial charge >= 0.3 is 0 Å². The van der Waals surface area contributed by atoms with Gasteiger partial charge in [0.2, 0.25) is 0 Å².